The molecule has 0 N–H and O–H groups in total. The van der Waals surface area contributed by atoms with E-state index in [9.17, 15) is 8.42 Å². The van der Waals surface area contributed by atoms with E-state index in [-0.39, 0.29) is 4.90 Å². The second-order valence-corrected chi connectivity index (χ2v) is 8.67. The highest BCUT2D eigenvalue weighted by Gasteiger charge is 2.27. The van der Waals surface area contributed by atoms with Crippen molar-refractivity contribution in [2.45, 2.75) is 17.9 Å². The van der Waals surface area contributed by atoms with Gasteiger partial charge in [0, 0.05) is 31.2 Å². The van der Waals surface area contributed by atoms with E-state index >= 15 is 0 Å². The molecule has 0 radical (unpaired) electrons. The minimum atomic E-state index is -3.53. The molecule has 1 aliphatic heterocycles. The van der Waals surface area contributed by atoms with Gasteiger partial charge in [0.1, 0.15) is 0 Å². The Balaban J connectivity index is 1.67. The van der Waals surface area contributed by atoms with E-state index in [1.807, 2.05) is 24.3 Å². The normalized spacial score (nSPS) is 16.8. The van der Waals surface area contributed by atoms with Gasteiger partial charge in [0.05, 0.1) is 16.5 Å². The van der Waals surface area contributed by atoms with Gasteiger partial charge in [0.15, 0.2) is 0 Å². The molecule has 1 heterocycles. The Kier molecular flexibility index (Phi) is 5.94. The number of sulfonamides is 1. The summed E-state index contributed by atoms with van der Waals surface area (Å²) in [5.74, 6) is 0. The van der Waals surface area contributed by atoms with E-state index in [0.717, 1.165) is 25.1 Å². The van der Waals surface area contributed by atoms with Crippen molar-refractivity contribution < 1.29 is 8.42 Å². The van der Waals surface area contributed by atoms with Crippen LogP contribution in [0.2, 0.25) is 5.02 Å². The summed E-state index contributed by atoms with van der Waals surface area (Å²) >= 11 is 5.95. The molecule has 2 aromatic rings. The van der Waals surface area contributed by atoms with Gasteiger partial charge in [-0.1, -0.05) is 29.8 Å². The number of halogens is 1. The minimum Gasteiger partial charge on any atom is -0.298 e. The quantitative estimate of drug-likeness (QED) is 0.805. The van der Waals surface area contributed by atoms with Crippen LogP contribution >= 0.6 is 11.6 Å². The third-order valence-electron chi connectivity index (χ3n) is 4.47. The van der Waals surface area contributed by atoms with Crippen LogP contribution in [0.4, 0.5) is 0 Å². The number of hydrogen-bond donors (Lipinski definition) is 0. The van der Waals surface area contributed by atoms with Crippen LogP contribution in [-0.2, 0) is 16.6 Å². The van der Waals surface area contributed by atoms with Crippen molar-refractivity contribution in [3.63, 3.8) is 0 Å². The van der Waals surface area contributed by atoms with Crippen molar-refractivity contribution in [3.8, 4) is 6.07 Å². The Morgan fingerprint density at radius 1 is 1.04 bits per heavy atom. The maximum Gasteiger partial charge on any atom is 0.243 e. The van der Waals surface area contributed by atoms with Crippen molar-refractivity contribution in [1.29, 1.82) is 5.26 Å². The Morgan fingerprint density at radius 3 is 2.50 bits per heavy atom. The topological polar surface area (TPSA) is 64.4 Å². The fourth-order valence-corrected chi connectivity index (χ4v) is 4.84. The molecule has 2 aromatic carbocycles. The van der Waals surface area contributed by atoms with Crippen LogP contribution in [-0.4, -0.2) is 43.8 Å². The van der Waals surface area contributed by atoms with Crippen molar-refractivity contribution in [2.75, 3.05) is 26.2 Å². The molecule has 0 aliphatic carbocycles. The lowest BCUT2D eigenvalue weighted by Crippen LogP contribution is -2.35. The van der Waals surface area contributed by atoms with E-state index < -0.39 is 10.0 Å². The summed E-state index contributed by atoms with van der Waals surface area (Å²) in [6.07, 6.45) is 0.774. The smallest absolute Gasteiger partial charge is 0.243 e. The van der Waals surface area contributed by atoms with Gasteiger partial charge in [-0.3, -0.25) is 4.90 Å². The second-order valence-electron chi connectivity index (χ2n) is 6.30. The van der Waals surface area contributed by atoms with Crippen LogP contribution < -0.4 is 0 Å². The maximum atomic E-state index is 12.8. The van der Waals surface area contributed by atoms with Crippen LogP contribution in [0.3, 0.4) is 0 Å². The molecule has 0 bridgehead atoms. The average molecular weight is 390 g/mol. The van der Waals surface area contributed by atoms with E-state index in [0.29, 0.717) is 30.2 Å². The zero-order chi connectivity index (χ0) is 18.6. The highest BCUT2D eigenvalue weighted by molar-refractivity contribution is 7.89. The first-order chi connectivity index (χ1) is 12.5. The molecule has 0 saturated carbocycles. The molecule has 26 heavy (non-hydrogen) atoms. The molecule has 5 nitrogen and oxygen atoms in total. The van der Waals surface area contributed by atoms with Crippen molar-refractivity contribution in [2.24, 2.45) is 0 Å². The number of rotatable bonds is 4. The largest absolute Gasteiger partial charge is 0.298 e. The number of nitrogens with zero attached hydrogens (tertiary/aromatic N) is 3. The Hall–Kier alpha value is -1.91. The molecule has 1 aliphatic rings. The van der Waals surface area contributed by atoms with Gasteiger partial charge in [0.25, 0.3) is 0 Å². The highest BCUT2D eigenvalue weighted by Crippen LogP contribution is 2.21. The van der Waals surface area contributed by atoms with E-state index in [2.05, 4.69) is 11.0 Å². The number of benzene rings is 2. The monoisotopic (exact) mass is 389 g/mol. The molecular formula is C19H20ClN3O2S. The molecule has 0 spiro atoms. The van der Waals surface area contributed by atoms with Gasteiger partial charge in [0.2, 0.25) is 10.0 Å². The number of nitriles is 1. The van der Waals surface area contributed by atoms with E-state index in [4.69, 9.17) is 16.9 Å². The van der Waals surface area contributed by atoms with Gasteiger partial charge in [-0.05, 0) is 48.9 Å². The first-order valence-corrected chi connectivity index (χ1v) is 10.3. The number of hydrogen-bond acceptors (Lipinski definition) is 4. The van der Waals surface area contributed by atoms with Crippen LogP contribution in [0.5, 0.6) is 0 Å². The fraction of sp³-hybridized carbons (Fsp3) is 0.316. The van der Waals surface area contributed by atoms with Crippen LogP contribution in [0.25, 0.3) is 0 Å². The molecule has 0 atom stereocenters. The van der Waals surface area contributed by atoms with Crippen molar-refractivity contribution in [3.05, 3.63) is 64.7 Å². The zero-order valence-corrected chi connectivity index (χ0v) is 15.9. The summed E-state index contributed by atoms with van der Waals surface area (Å²) < 4.78 is 27.2. The maximum absolute atomic E-state index is 12.8. The third kappa shape index (κ3) is 4.43. The van der Waals surface area contributed by atoms with Gasteiger partial charge >= 0.3 is 0 Å². The Labute approximate surface area is 159 Å². The Bertz CT molecular complexity index is 907. The van der Waals surface area contributed by atoms with E-state index in [1.54, 1.807) is 18.2 Å². The molecule has 7 heteroatoms. The first-order valence-electron chi connectivity index (χ1n) is 8.46. The van der Waals surface area contributed by atoms with Gasteiger partial charge in [-0.2, -0.15) is 9.57 Å². The highest BCUT2D eigenvalue weighted by atomic mass is 35.5. The van der Waals surface area contributed by atoms with E-state index in [1.165, 1.54) is 10.4 Å². The minimum absolute atomic E-state index is 0.241. The summed E-state index contributed by atoms with van der Waals surface area (Å²) in [7, 11) is -3.53. The van der Waals surface area contributed by atoms with Crippen molar-refractivity contribution in [1.82, 2.24) is 9.21 Å². The summed E-state index contributed by atoms with van der Waals surface area (Å²) in [5.41, 5.74) is 1.76. The molecule has 136 valence electrons. The summed E-state index contributed by atoms with van der Waals surface area (Å²) in [6.45, 7) is 3.20. The van der Waals surface area contributed by atoms with Gasteiger partial charge in [-0.15, -0.1) is 0 Å². The lowest BCUT2D eigenvalue weighted by Gasteiger charge is -2.22. The third-order valence-corrected chi connectivity index (χ3v) is 6.60. The summed E-state index contributed by atoms with van der Waals surface area (Å²) in [5, 5.41) is 9.29. The molecule has 0 amide bonds. The predicted octanol–water partition coefficient (Wildman–Crippen LogP) is 3.11. The Morgan fingerprint density at radius 2 is 1.81 bits per heavy atom. The predicted molar refractivity (Wildman–Crippen MR) is 101 cm³/mol. The standard InChI is InChI=1S/C19H20ClN3O2S/c20-18-3-1-4-19(13-18)26(24,25)23-10-2-9-22(11-12-23)15-17-7-5-16(14-21)6-8-17/h1,3-8,13H,2,9-12,15H2. The fourth-order valence-electron chi connectivity index (χ4n) is 3.07. The van der Waals surface area contributed by atoms with Crippen molar-refractivity contribution >= 4 is 21.6 Å². The van der Waals surface area contributed by atoms with Gasteiger partial charge < -0.3 is 0 Å². The average Bonchev–Trinajstić information content (AvgIpc) is 2.88. The molecule has 3 rings (SSSR count). The van der Waals surface area contributed by atoms with Crippen LogP contribution in [0, 0.1) is 11.3 Å². The second kappa shape index (κ2) is 8.19. The summed E-state index contributed by atoms with van der Waals surface area (Å²) in [4.78, 5) is 2.49. The lowest BCUT2D eigenvalue weighted by atomic mass is 10.1. The molecular weight excluding hydrogens is 370 g/mol. The molecule has 1 saturated heterocycles. The zero-order valence-electron chi connectivity index (χ0n) is 14.3. The summed E-state index contributed by atoms with van der Waals surface area (Å²) in [6, 6.07) is 16.0. The van der Waals surface area contributed by atoms with Crippen LogP contribution in [0.15, 0.2) is 53.4 Å². The molecule has 0 aromatic heterocycles. The molecule has 1 fully saturated rings. The SMILES string of the molecule is N#Cc1ccc(CN2CCCN(S(=O)(=O)c3cccc(Cl)c3)CC2)cc1. The van der Waals surface area contributed by atoms with Crippen LogP contribution in [0.1, 0.15) is 17.5 Å². The molecule has 0 unspecified atom stereocenters. The first kappa shape index (κ1) is 18.9. The van der Waals surface area contributed by atoms with Gasteiger partial charge in [-0.25, -0.2) is 8.42 Å². The lowest BCUT2D eigenvalue weighted by molar-refractivity contribution is 0.278.